The van der Waals surface area contributed by atoms with Crippen molar-refractivity contribution in [3.63, 3.8) is 0 Å². The quantitative estimate of drug-likeness (QED) is 0.178. The number of hydrogen-bond acceptors (Lipinski definition) is 2. The number of anilines is 3. The number of hydrogen-bond donors (Lipinski definition) is 0. The molecule has 0 aliphatic heterocycles. The predicted octanol–water partition coefficient (Wildman–Crippen LogP) is 15.4. The van der Waals surface area contributed by atoms with Gasteiger partial charge in [-0.2, -0.15) is 0 Å². The number of benzene rings is 10. The molecule has 0 N–H and O–H groups in total. The first-order valence-corrected chi connectivity index (χ1v) is 20.4. The zero-order chi connectivity index (χ0) is 38.7. The third-order valence-corrected chi connectivity index (χ3v) is 13.0. The lowest BCUT2D eigenvalue weighted by Crippen LogP contribution is -2.26. The maximum atomic E-state index is 6.87. The van der Waals surface area contributed by atoms with Crippen LogP contribution in [0.5, 0.6) is 0 Å². The smallest absolute Gasteiger partial charge is 0.143 e. The Hall–Kier alpha value is -7.68. The standard InChI is InChI=1S/C57H35NO/c1-2-17-38-34-55-48(33-37(38)16-1)47-25-14-24-46(56(47)59-55)45-23-8-12-29-54(45)58(53-30-13-18-36-15-3-4-19-40(36)53)39-31-32-44-43-22-7-11-28-51(43)57(52(44)35-39)49-26-9-5-20-41(49)42-21-6-10-27-50(42)57/h1-35H. The monoisotopic (exact) mass is 749 g/mol. The van der Waals surface area contributed by atoms with Crippen molar-refractivity contribution in [2.75, 3.05) is 4.90 Å². The molecule has 2 aliphatic carbocycles. The molecule has 0 bridgehead atoms. The van der Waals surface area contributed by atoms with E-state index < -0.39 is 5.41 Å². The fourth-order valence-corrected chi connectivity index (χ4v) is 10.6. The molecule has 1 aromatic heterocycles. The molecule has 274 valence electrons. The van der Waals surface area contributed by atoms with Gasteiger partial charge in [0.1, 0.15) is 11.2 Å². The van der Waals surface area contributed by atoms with Gasteiger partial charge in [-0.1, -0.05) is 176 Å². The average Bonchev–Trinajstić information content (AvgIpc) is 3.92. The van der Waals surface area contributed by atoms with Crippen molar-refractivity contribution in [2.24, 2.45) is 0 Å². The molecule has 0 atom stereocenters. The molecule has 0 radical (unpaired) electrons. The van der Waals surface area contributed by atoms with Crippen molar-refractivity contribution < 1.29 is 4.42 Å². The first-order valence-electron chi connectivity index (χ1n) is 20.4. The van der Waals surface area contributed by atoms with E-state index in [9.17, 15) is 0 Å². The number of furan rings is 1. The van der Waals surface area contributed by atoms with E-state index in [1.54, 1.807) is 0 Å². The van der Waals surface area contributed by atoms with Crippen LogP contribution in [0.2, 0.25) is 0 Å². The number of nitrogens with zero attached hydrogens (tertiary/aromatic N) is 1. The molecule has 13 rings (SSSR count). The molecule has 0 fully saturated rings. The highest BCUT2D eigenvalue weighted by Crippen LogP contribution is 2.63. The van der Waals surface area contributed by atoms with Crippen LogP contribution in [0.1, 0.15) is 22.3 Å². The van der Waals surface area contributed by atoms with Gasteiger partial charge >= 0.3 is 0 Å². The lowest BCUT2D eigenvalue weighted by molar-refractivity contribution is 0.670. The second kappa shape index (κ2) is 12.2. The molecule has 11 aromatic rings. The molecule has 10 aromatic carbocycles. The largest absolute Gasteiger partial charge is 0.455 e. The van der Waals surface area contributed by atoms with Gasteiger partial charge in [0.15, 0.2) is 0 Å². The van der Waals surface area contributed by atoms with Crippen molar-refractivity contribution in [1.82, 2.24) is 0 Å². The molecular weight excluding hydrogens is 715 g/mol. The van der Waals surface area contributed by atoms with Gasteiger partial charge in [-0.25, -0.2) is 0 Å². The molecule has 0 amide bonds. The van der Waals surface area contributed by atoms with E-state index in [0.29, 0.717) is 0 Å². The summed E-state index contributed by atoms with van der Waals surface area (Å²) in [5, 5.41) is 7.01. The van der Waals surface area contributed by atoms with Gasteiger partial charge in [-0.3, -0.25) is 0 Å². The van der Waals surface area contributed by atoms with Crippen LogP contribution in [0.15, 0.2) is 217 Å². The zero-order valence-corrected chi connectivity index (χ0v) is 32.1. The van der Waals surface area contributed by atoms with Crippen LogP contribution >= 0.6 is 0 Å². The van der Waals surface area contributed by atoms with Crippen LogP contribution in [-0.2, 0) is 5.41 Å². The number of para-hydroxylation sites is 2. The maximum absolute atomic E-state index is 6.87. The van der Waals surface area contributed by atoms with Crippen LogP contribution in [-0.4, -0.2) is 0 Å². The predicted molar refractivity (Wildman–Crippen MR) is 245 cm³/mol. The van der Waals surface area contributed by atoms with E-state index in [2.05, 4.69) is 217 Å². The molecule has 2 nitrogen and oxygen atoms in total. The van der Waals surface area contributed by atoms with E-state index >= 15 is 0 Å². The summed E-state index contributed by atoms with van der Waals surface area (Å²) in [6, 6.07) is 78.1. The third kappa shape index (κ3) is 4.40. The van der Waals surface area contributed by atoms with Gasteiger partial charge < -0.3 is 9.32 Å². The summed E-state index contributed by atoms with van der Waals surface area (Å²) >= 11 is 0. The Morgan fingerprint density at radius 2 is 0.831 bits per heavy atom. The minimum absolute atomic E-state index is 0.456. The summed E-state index contributed by atoms with van der Waals surface area (Å²) in [6.45, 7) is 0. The van der Waals surface area contributed by atoms with Crippen molar-refractivity contribution in [3.05, 3.63) is 235 Å². The van der Waals surface area contributed by atoms with Gasteiger partial charge in [0.2, 0.25) is 0 Å². The Kier molecular flexibility index (Phi) is 6.68. The number of fused-ring (bicyclic) bond motifs is 15. The minimum atomic E-state index is -0.456. The zero-order valence-electron chi connectivity index (χ0n) is 32.1. The summed E-state index contributed by atoms with van der Waals surface area (Å²) in [6.07, 6.45) is 0. The van der Waals surface area contributed by atoms with Gasteiger partial charge in [0.25, 0.3) is 0 Å². The highest BCUT2D eigenvalue weighted by Gasteiger charge is 2.51. The Bertz CT molecular complexity index is 3470. The van der Waals surface area contributed by atoms with Crippen molar-refractivity contribution >= 4 is 60.5 Å². The fraction of sp³-hybridized carbons (Fsp3) is 0.0175. The summed E-state index contributed by atoms with van der Waals surface area (Å²) in [4.78, 5) is 2.48. The second-order valence-corrected chi connectivity index (χ2v) is 15.9. The first kappa shape index (κ1) is 32.4. The van der Waals surface area contributed by atoms with Crippen LogP contribution < -0.4 is 4.90 Å². The first-order chi connectivity index (χ1) is 29.3. The SMILES string of the molecule is c1ccc(N(c2ccc3c(c2)C2(c4ccccc4-c4ccccc42)c2ccccc2-3)c2cccc3ccccc23)c(-c2cccc3c2oc2cc4ccccc4cc23)c1. The Morgan fingerprint density at radius 1 is 0.322 bits per heavy atom. The molecule has 1 heterocycles. The van der Waals surface area contributed by atoms with Crippen LogP contribution in [0.25, 0.3) is 76.9 Å². The van der Waals surface area contributed by atoms with E-state index in [4.69, 9.17) is 4.42 Å². The molecule has 0 saturated carbocycles. The normalized spacial score (nSPS) is 13.2. The highest BCUT2D eigenvalue weighted by molar-refractivity contribution is 6.14. The molecule has 0 saturated heterocycles. The molecular formula is C57H35NO. The topological polar surface area (TPSA) is 16.4 Å². The van der Waals surface area contributed by atoms with E-state index in [1.807, 2.05) is 0 Å². The molecule has 2 aliphatic rings. The minimum Gasteiger partial charge on any atom is -0.455 e. The molecule has 59 heavy (non-hydrogen) atoms. The van der Waals surface area contributed by atoms with Gasteiger partial charge in [0, 0.05) is 33.0 Å². The summed E-state index contributed by atoms with van der Waals surface area (Å²) in [5.41, 5.74) is 17.3. The molecule has 1 spiro atoms. The van der Waals surface area contributed by atoms with E-state index in [-0.39, 0.29) is 0 Å². The van der Waals surface area contributed by atoms with Gasteiger partial charge in [-0.15, -0.1) is 0 Å². The Morgan fingerprint density at radius 3 is 1.56 bits per heavy atom. The van der Waals surface area contributed by atoms with E-state index in [0.717, 1.165) is 50.1 Å². The fourth-order valence-electron chi connectivity index (χ4n) is 10.6. The highest BCUT2D eigenvalue weighted by atomic mass is 16.3. The molecule has 2 heteroatoms. The Balaban J connectivity index is 1.10. The summed E-state index contributed by atoms with van der Waals surface area (Å²) in [7, 11) is 0. The maximum Gasteiger partial charge on any atom is 0.143 e. The average molecular weight is 750 g/mol. The lowest BCUT2D eigenvalue weighted by atomic mass is 9.70. The van der Waals surface area contributed by atoms with E-state index in [1.165, 1.54) is 66.1 Å². The summed E-state index contributed by atoms with van der Waals surface area (Å²) in [5.74, 6) is 0. The van der Waals surface area contributed by atoms with Crippen molar-refractivity contribution in [1.29, 1.82) is 0 Å². The van der Waals surface area contributed by atoms with Crippen LogP contribution in [0, 0.1) is 0 Å². The Labute approximate surface area is 341 Å². The van der Waals surface area contributed by atoms with Crippen LogP contribution in [0.3, 0.4) is 0 Å². The number of rotatable bonds is 4. The summed E-state index contributed by atoms with van der Waals surface area (Å²) < 4.78 is 6.87. The van der Waals surface area contributed by atoms with Crippen molar-refractivity contribution in [2.45, 2.75) is 5.41 Å². The molecule has 0 unspecified atom stereocenters. The third-order valence-electron chi connectivity index (χ3n) is 13.0. The van der Waals surface area contributed by atoms with Gasteiger partial charge in [-0.05, 0) is 97.1 Å². The lowest BCUT2D eigenvalue weighted by Gasteiger charge is -2.33. The van der Waals surface area contributed by atoms with Crippen LogP contribution in [0.4, 0.5) is 17.1 Å². The van der Waals surface area contributed by atoms with Crippen molar-refractivity contribution in [3.8, 4) is 33.4 Å². The van der Waals surface area contributed by atoms with Gasteiger partial charge in [0.05, 0.1) is 16.8 Å². The second-order valence-electron chi connectivity index (χ2n) is 15.9.